The number of hydrogen-bond donors (Lipinski definition) is 0. The number of nitrogens with zero attached hydrogens (tertiary/aromatic N) is 18. The molecule has 0 N–H and O–H groups in total. The molecule has 0 amide bonds. The third kappa shape index (κ3) is 14.2. The minimum absolute atomic E-state index is 0.233. The maximum Gasteiger partial charge on any atom is 0.303 e. The molecule has 3 heterocycles. The van der Waals surface area contributed by atoms with Crippen molar-refractivity contribution in [3.63, 3.8) is 0 Å². The Balaban J connectivity index is 1.83. The second-order valence-corrected chi connectivity index (χ2v) is 14.9. The van der Waals surface area contributed by atoms with Crippen molar-refractivity contribution in [3.8, 4) is 0 Å². The molecular weight excluding hydrogens is 923 g/mol. The lowest BCUT2D eigenvalue weighted by molar-refractivity contribution is -0.294. The van der Waals surface area contributed by atoms with Crippen molar-refractivity contribution in [3.05, 3.63) is 62.7 Å². The molecule has 34 nitrogen and oxygen atoms in total. The summed E-state index contributed by atoms with van der Waals surface area (Å²) < 4.78 is 80.0. The molecule has 1 aliphatic carbocycles. The van der Waals surface area contributed by atoms with Gasteiger partial charge < -0.3 is 52.1 Å². The second-order valence-electron chi connectivity index (χ2n) is 14.9. The Morgan fingerprint density at radius 2 is 1.00 bits per heavy atom. The highest BCUT2D eigenvalue weighted by atomic mass is 19.1. The van der Waals surface area contributed by atoms with Crippen LogP contribution in [0.15, 0.2) is 30.7 Å². The van der Waals surface area contributed by atoms with Crippen LogP contribution in [0.1, 0.15) is 47.5 Å². The third-order valence-corrected chi connectivity index (χ3v) is 10.2. The summed E-state index contributed by atoms with van der Waals surface area (Å²) in [5.41, 5.74) is 56.2. The zero-order chi connectivity index (χ0) is 50.1. The van der Waals surface area contributed by atoms with Crippen molar-refractivity contribution in [1.82, 2.24) is 0 Å². The van der Waals surface area contributed by atoms with E-state index in [2.05, 4.69) is 60.2 Å². The van der Waals surface area contributed by atoms with Gasteiger partial charge in [-0.1, -0.05) is 30.7 Å². The van der Waals surface area contributed by atoms with Crippen molar-refractivity contribution >= 4 is 29.8 Å². The molecule has 0 spiro atoms. The zero-order valence-electron chi connectivity index (χ0n) is 36.4. The standard InChI is InChI=1S/C33H43FN18O16/c1-11(53)58-10-21-28(68-32-24(46-52-40)29(61-14(4)56)27(60-13(3)55)20(65-32)9-42-48-36)30(62-15(5)57)33(66-21)63-18-7-16(43-49-37)6-17(44-50-38)25(18)67-31-23(45-51-39)22(34)26(59-12(2)54)19(64-31)8-41-47-35/h16-33H,6-10H2,1-5H3/t16?,17?,18-,19-,20+,21-,22+,23?,24?,25-,26-,27-,28-,29-,30-,31-,32-,33-/m1/s1. The number of azide groups is 6. The molecule has 0 radical (unpaired) electrons. The number of carbonyl (C=O) groups is 5. The summed E-state index contributed by atoms with van der Waals surface area (Å²) in [5.74, 6) is -4.68. The zero-order valence-corrected chi connectivity index (χ0v) is 36.4. The van der Waals surface area contributed by atoms with Crippen LogP contribution >= 0.6 is 0 Å². The first-order valence-electron chi connectivity index (χ1n) is 20.1. The molecule has 68 heavy (non-hydrogen) atoms. The summed E-state index contributed by atoms with van der Waals surface area (Å²) in [4.78, 5) is 77.9. The fourth-order valence-electron chi connectivity index (χ4n) is 7.79. The largest absolute Gasteiger partial charge is 0.463 e. The van der Waals surface area contributed by atoms with E-state index in [0.717, 1.165) is 34.6 Å². The molecule has 35 heteroatoms. The van der Waals surface area contributed by atoms with Crippen LogP contribution in [0.25, 0.3) is 62.7 Å². The highest BCUT2D eigenvalue weighted by Gasteiger charge is 2.57. The van der Waals surface area contributed by atoms with E-state index in [1.165, 1.54) is 0 Å². The smallest absolute Gasteiger partial charge is 0.303 e. The molecule has 4 fully saturated rings. The van der Waals surface area contributed by atoms with Gasteiger partial charge in [0.05, 0.1) is 31.3 Å². The molecule has 1 saturated carbocycles. The summed E-state index contributed by atoms with van der Waals surface area (Å²) in [6.45, 7) is 3.09. The van der Waals surface area contributed by atoms with Crippen LogP contribution in [0, 0.1) is 0 Å². The molecule has 0 aromatic carbocycles. The number of halogens is 1. The van der Waals surface area contributed by atoms with Gasteiger partial charge in [-0.25, -0.2) is 4.39 Å². The van der Waals surface area contributed by atoms with Gasteiger partial charge in [-0.15, -0.1) is 0 Å². The van der Waals surface area contributed by atoms with Gasteiger partial charge in [0, 0.05) is 70.1 Å². The highest BCUT2D eigenvalue weighted by molar-refractivity contribution is 5.68. The molecule has 4 unspecified atom stereocenters. The lowest BCUT2D eigenvalue weighted by Gasteiger charge is -2.45. The van der Waals surface area contributed by atoms with E-state index < -0.39 is 160 Å². The van der Waals surface area contributed by atoms with E-state index in [1.54, 1.807) is 0 Å². The number of ether oxygens (including phenoxy) is 11. The van der Waals surface area contributed by atoms with Crippen LogP contribution in [-0.4, -0.2) is 160 Å². The van der Waals surface area contributed by atoms with E-state index in [4.69, 9.17) is 63.2 Å². The Morgan fingerprint density at radius 1 is 0.515 bits per heavy atom. The Labute approximate surface area is 380 Å². The molecule has 0 bridgehead atoms. The summed E-state index contributed by atoms with van der Waals surface area (Å²) in [6.07, 6.45) is -24.6. The van der Waals surface area contributed by atoms with Crippen LogP contribution in [0.4, 0.5) is 4.39 Å². The summed E-state index contributed by atoms with van der Waals surface area (Å²) >= 11 is 0. The average Bonchev–Trinajstić information content (AvgIpc) is 3.57. The average molecular weight is 967 g/mol. The minimum Gasteiger partial charge on any atom is -0.463 e. The van der Waals surface area contributed by atoms with Gasteiger partial charge in [0.15, 0.2) is 49.5 Å². The van der Waals surface area contributed by atoms with E-state index >= 15 is 4.39 Å². The Hall–Kier alpha value is -7.10. The second kappa shape index (κ2) is 25.7. The third-order valence-electron chi connectivity index (χ3n) is 10.2. The van der Waals surface area contributed by atoms with Gasteiger partial charge in [0.1, 0.15) is 43.1 Å². The first-order valence-corrected chi connectivity index (χ1v) is 20.1. The summed E-state index contributed by atoms with van der Waals surface area (Å²) in [5, 5.41) is 21.5. The van der Waals surface area contributed by atoms with Crippen LogP contribution in [-0.2, 0) is 76.1 Å². The van der Waals surface area contributed by atoms with Crippen molar-refractivity contribution in [2.24, 2.45) is 30.7 Å². The predicted octanol–water partition coefficient (Wildman–Crippen LogP) is 4.07. The van der Waals surface area contributed by atoms with Crippen LogP contribution < -0.4 is 0 Å². The Kier molecular flexibility index (Phi) is 20.2. The maximum absolute atomic E-state index is 16.3. The Morgan fingerprint density at radius 3 is 1.54 bits per heavy atom. The van der Waals surface area contributed by atoms with Gasteiger partial charge in [-0.05, 0) is 46.0 Å². The fraction of sp³-hybridized carbons (Fsp3) is 0.848. The first-order chi connectivity index (χ1) is 32.5. The number of carbonyl (C=O) groups excluding carboxylic acids is 5. The van der Waals surface area contributed by atoms with E-state index in [1.807, 2.05) is 0 Å². The lowest BCUT2D eigenvalue weighted by Crippen LogP contribution is -2.62. The van der Waals surface area contributed by atoms with Crippen LogP contribution in [0.3, 0.4) is 0 Å². The molecule has 0 aromatic heterocycles. The van der Waals surface area contributed by atoms with Crippen molar-refractivity contribution in [2.45, 2.75) is 158 Å². The Bertz CT molecular complexity index is 2160. The van der Waals surface area contributed by atoms with Crippen molar-refractivity contribution in [2.75, 3.05) is 19.7 Å². The molecule has 3 aliphatic heterocycles. The van der Waals surface area contributed by atoms with Gasteiger partial charge in [0.2, 0.25) is 0 Å². The normalized spacial score (nSPS) is 35.0. The lowest BCUT2D eigenvalue weighted by atomic mass is 9.86. The minimum atomic E-state index is -2.36. The molecule has 4 aliphatic rings. The summed E-state index contributed by atoms with van der Waals surface area (Å²) in [7, 11) is 0. The molecule has 4 rings (SSSR count). The van der Waals surface area contributed by atoms with E-state index in [-0.39, 0.29) is 12.8 Å². The maximum atomic E-state index is 16.3. The molecule has 0 aromatic rings. The predicted molar refractivity (Wildman–Crippen MR) is 213 cm³/mol. The van der Waals surface area contributed by atoms with E-state index in [0.29, 0.717) is 0 Å². The number of alkyl halides is 1. The topological polar surface area (TPSA) is 479 Å². The highest BCUT2D eigenvalue weighted by Crippen LogP contribution is 2.40. The van der Waals surface area contributed by atoms with Gasteiger partial charge >= 0.3 is 29.8 Å². The van der Waals surface area contributed by atoms with Crippen molar-refractivity contribution < 1.29 is 80.5 Å². The SMILES string of the molecule is CC(=O)OC[C@H]1O[C@@H](O[C@@H]2CC(N=[N+]=[N-])CC(N=[N+]=[N-])[C@H]2O[C@H]2O[C@H](CN=[N+]=[N-])[C@@H](OC(C)=O)[C@@H](F)C2N=[N+]=[N-])[C@H](OC(C)=O)[C@@H]1O[C@H]1O[C@@H](CN=[N+]=[N-])[C@@H](OC(C)=O)[C@H](OC(C)=O)C1N=[N+]=[N-]. The molecule has 18 atom stereocenters. The van der Waals surface area contributed by atoms with Gasteiger partial charge in [0.25, 0.3) is 0 Å². The molecular formula is C33H43FN18O16. The number of rotatable bonds is 20. The van der Waals surface area contributed by atoms with Gasteiger partial charge in [-0.3, -0.25) is 24.0 Å². The monoisotopic (exact) mass is 966 g/mol. The van der Waals surface area contributed by atoms with Crippen molar-refractivity contribution in [1.29, 1.82) is 0 Å². The number of esters is 5. The van der Waals surface area contributed by atoms with Crippen LogP contribution in [0.5, 0.6) is 0 Å². The summed E-state index contributed by atoms with van der Waals surface area (Å²) in [6, 6.07) is -6.07. The van der Waals surface area contributed by atoms with Crippen LogP contribution in [0.2, 0.25) is 0 Å². The fourth-order valence-corrected chi connectivity index (χ4v) is 7.79. The number of hydrogen-bond acceptors (Lipinski definition) is 22. The van der Waals surface area contributed by atoms with E-state index in [9.17, 15) is 46.1 Å². The molecule has 3 saturated heterocycles. The quantitative estimate of drug-likeness (QED) is 0.0545. The molecule has 368 valence electrons. The first kappa shape index (κ1) is 53.5. The van der Waals surface area contributed by atoms with Gasteiger partial charge in [-0.2, -0.15) is 0 Å².